The van der Waals surface area contributed by atoms with E-state index in [2.05, 4.69) is 10.4 Å². The molecule has 0 fully saturated rings. The van der Waals surface area contributed by atoms with Crippen molar-refractivity contribution in [3.63, 3.8) is 0 Å². The molecule has 0 aliphatic carbocycles. The predicted octanol–water partition coefficient (Wildman–Crippen LogP) is 2.61. The Kier molecular flexibility index (Phi) is 6.03. The van der Waals surface area contributed by atoms with Gasteiger partial charge >= 0.3 is 0 Å². The van der Waals surface area contributed by atoms with E-state index in [1.54, 1.807) is 35.1 Å². The molecule has 0 aliphatic rings. The summed E-state index contributed by atoms with van der Waals surface area (Å²) >= 11 is 0. The summed E-state index contributed by atoms with van der Waals surface area (Å²) in [7, 11) is -3.19. The third kappa shape index (κ3) is 5.52. The number of carbonyl (C=O) groups excluding carboxylic acids is 1. The first kappa shape index (κ1) is 18.8. The normalized spacial score (nSPS) is 11.3. The molecule has 3 aromatic rings. The Balaban J connectivity index is 1.45. The average molecular weight is 383 g/mol. The highest BCUT2D eigenvalue weighted by atomic mass is 32.2. The van der Waals surface area contributed by atoms with Crippen molar-refractivity contribution < 1.29 is 13.2 Å². The number of rotatable bonds is 8. The molecule has 6 nitrogen and oxygen atoms in total. The summed E-state index contributed by atoms with van der Waals surface area (Å²) in [6.45, 7) is 0.313. The minimum absolute atomic E-state index is 0.0245. The van der Waals surface area contributed by atoms with E-state index in [4.69, 9.17) is 0 Å². The van der Waals surface area contributed by atoms with E-state index in [-0.39, 0.29) is 17.4 Å². The lowest BCUT2D eigenvalue weighted by Gasteiger charge is -2.07. The molecule has 1 amide bonds. The second kappa shape index (κ2) is 8.64. The molecule has 1 aromatic heterocycles. The molecule has 1 heterocycles. The number of hydrogen-bond acceptors (Lipinski definition) is 4. The average Bonchev–Trinajstić information content (AvgIpc) is 3.20. The molecule has 2 aromatic carbocycles. The summed E-state index contributed by atoms with van der Waals surface area (Å²) < 4.78 is 26.0. The van der Waals surface area contributed by atoms with Gasteiger partial charge in [0.2, 0.25) is 0 Å². The molecule has 0 unspecified atom stereocenters. The Morgan fingerprint density at radius 3 is 2.41 bits per heavy atom. The van der Waals surface area contributed by atoms with Crippen LogP contribution >= 0.6 is 0 Å². The van der Waals surface area contributed by atoms with Crippen molar-refractivity contribution in [2.24, 2.45) is 0 Å². The molecule has 0 radical (unpaired) electrons. The Labute approximate surface area is 158 Å². The Morgan fingerprint density at radius 1 is 1.00 bits per heavy atom. The quantitative estimate of drug-likeness (QED) is 0.606. The lowest BCUT2D eigenvalue weighted by molar-refractivity contribution is 0.0953. The number of nitrogens with one attached hydrogen (secondary N) is 1. The fourth-order valence-electron chi connectivity index (χ4n) is 2.68. The number of benzene rings is 2. The van der Waals surface area contributed by atoms with Gasteiger partial charge in [0, 0.05) is 24.5 Å². The molecule has 3 rings (SSSR count). The highest BCUT2D eigenvalue weighted by molar-refractivity contribution is 7.90. The molecule has 27 heavy (non-hydrogen) atoms. The largest absolute Gasteiger partial charge is 0.352 e. The molecule has 0 aliphatic heterocycles. The zero-order chi connectivity index (χ0) is 19.1. The van der Waals surface area contributed by atoms with Crippen LogP contribution < -0.4 is 5.32 Å². The zero-order valence-corrected chi connectivity index (χ0v) is 15.6. The number of carbonyl (C=O) groups is 1. The summed E-state index contributed by atoms with van der Waals surface area (Å²) in [6, 6.07) is 18.0. The second-order valence-electron chi connectivity index (χ2n) is 6.18. The van der Waals surface area contributed by atoms with Gasteiger partial charge in [-0.2, -0.15) is 5.10 Å². The second-order valence-corrected chi connectivity index (χ2v) is 8.37. The maximum absolute atomic E-state index is 12.2. The Bertz CT molecular complexity index is 967. The molecule has 140 valence electrons. The van der Waals surface area contributed by atoms with E-state index in [0.717, 1.165) is 11.3 Å². The smallest absolute Gasteiger partial charge is 0.251 e. The third-order valence-corrected chi connectivity index (χ3v) is 5.73. The minimum atomic E-state index is -3.19. The highest BCUT2D eigenvalue weighted by Gasteiger charge is 2.12. The maximum Gasteiger partial charge on any atom is 0.251 e. The molecule has 0 spiro atoms. The molecular formula is C20H21N3O3S. The van der Waals surface area contributed by atoms with E-state index in [1.165, 1.54) is 0 Å². The molecule has 0 saturated heterocycles. The lowest BCUT2D eigenvalue weighted by Crippen LogP contribution is -2.26. The molecule has 1 N–H and O–H groups in total. The van der Waals surface area contributed by atoms with Crippen molar-refractivity contribution in [3.05, 3.63) is 84.2 Å². The van der Waals surface area contributed by atoms with Crippen molar-refractivity contribution in [3.8, 4) is 5.69 Å². The van der Waals surface area contributed by atoms with E-state index in [9.17, 15) is 13.2 Å². The van der Waals surface area contributed by atoms with Gasteiger partial charge in [-0.3, -0.25) is 4.79 Å². The zero-order valence-electron chi connectivity index (χ0n) is 14.8. The summed E-state index contributed by atoms with van der Waals surface area (Å²) in [5, 5.41) is 6.90. The van der Waals surface area contributed by atoms with E-state index >= 15 is 0 Å². The predicted molar refractivity (Wildman–Crippen MR) is 104 cm³/mol. The van der Waals surface area contributed by atoms with Gasteiger partial charge in [-0.25, -0.2) is 13.1 Å². The van der Waals surface area contributed by atoms with Crippen LogP contribution in [0.25, 0.3) is 5.69 Å². The number of nitrogens with zero attached hydrogens (tertiary/aromatic N) is 2. The molecule has 0 saturated carbocycles. The van der Waals surface area contributed by atoms with Crippen LogP contribution in [-0.4, -0.2) is 36.4 Å². The summed E-state index contributed by atoms with van der Waals surface area (Å²) in [5.74, 6) is -0.153. The van der Waals surface area contributed by atoms with Crippen molar-refractivity contribution in [2.75, 3.05) is 12.3 Å². The Morgan fingerprint density at radius 2 is 1.74 bits per heavy atom. The van der Waals surface area contributed by atoms with Gasteiger partial charge in [0.15, 0.2) is 9.84 Å². The topological polar surface area (TPSA) is 81.1 Å². The van der Waals surface area contributed by atoms with Gasteiger partial charge < -0.3 is 5.32 Å². The lowest BCUT2D eigenvalue weighted by atomic mass is 10.2. The molecule has 7 heteroatoms. The van der Waals surface area contributed by atoms with Crippen molar-refractivity contribution in [1.29, 1.82) is 0 Å². The minimum Gasteiger partial charge on any atom is -0.352 e. The maximum atomic E-state index is 12.2. The summed E-state index contributed by atoms with van der Waals surface area (Å²) in [5.41, 5.74) is 2.17. The molecular weight excluding hydrogens is 362 g/mol. The van der Waals surface area contributed by atoms with Crippen molar-refractivity contribution in [1.82, 2.24) is 15.1 Å². The van der Waals surface area contributed by atoms with E-state index in [0.29, 0.717) is 18.5 Å². The van der Waals surface area contributed by atoms with Crippen molar-refractivity contribution >= 4 is 15.7 Å². The molecule has 0 bridgehead atoms. The molecule has 0 atom stereocenters. The first-order chi connectivity index (χ1) is 13.0. The van der Waals surface area contributed by atoms with Crippen LogP contribution in [0.4, 0.5) is 0 Å². The van der Waals surface area contributed by atoms with Crippen molar-refractivity contribution in [2.45, 2.75) is 12.2 Å². The van der Waals surface area contributed by atoms with Crippen LogP contribution in [0.5, 0.6) is 0 Å². The van der Waals surface area contributed by atoms with Gasteiger partial charge in [0.1, 0.15) is 0 Å². The van der Waals surface area contributed by atoms with Crippen LogP contribution in [0.2, 0.25) is 0 Å². The number of sulfone groups is 1. The fraction of sp³-hybridized carbons (Fsp3) is 0.200. The number of aromatic nitrogens is 2. The highest BCUT2D eigenvalue weighted by Crippen LogP contribution is 2.09. The summed E-state index contributed by atoms with van der Waals surface area (Å²) in [6.07, 6.45) is 3.89. The standard InChI is InChI=1S/C20H21N3O3S/c24-20(18-8-10-19(11-9-18)23-14-4-13-22-23)21-12-5-15-27(25,26)16-17-6-2-1-3-7-17/h1-4,6-11,13-14H,5,12,15-16H2,(H,21,24). The van der Waals surface area contributed by atoms with Gasteiger partial charge in [-0.1, -0.05) is 30.3 Å². The number of hydrogen-bond donors (Lipinski definition) is 1. The SMILES string of the molecule is O=C(NCCCS(=O)(=O)Cc1ccccc1)c1ccc(-n2cccn2)cc1. The van der Waals surface area contributed by atoms with Gasteiger partial charge in [-0.05, 0) is 42.3 Å². The van der Waals surface area contributed by atoms with Crippen LogP contribution in [0.3, 0.4) is 0 Å². The van der Waals surface area contributed by atoms with E-state index < -0.39 is 9.84 Å². The van der Waals surface area contributed by atoms with Crippen LogP contribution in [0.15, 0.2) is 73.1 Å². The third-order valence-electron chi connectivity index (χ3n) is 4.05. The number of amides is 1. The Hall–Kier alpha value is -2.93. The van der Waals surface area contributed by atoms with Crippen LogP contribution in [0.1, 0.15) is 22.3 Å². The van der Waals surface area contributed by atoms with Gasteiger partial charge in [0.05, 0.1) is 17.2 Å². The fourth-order valence-corrected chi connectivity index (χ4v) is 4.11. The monoisotopic (exact) mass is 383 g/mol. The first-order valence-electron chi connectivity index (χ1n) is 8.66. The van der Waals surface area contributed by atoms with Gasteiger partial charge in [0.25, 0.3) is 5.91 Å². The van der Waals surface area contributed by atoms with Gasteiger partial charge in [-0.15, -0.1) is 0 Å². The van der Waals surface area contributed by atoms with Crippen LogP contribution in [-0.2, 0) is 15.6 Å². The summed E-state index contributed by atoms with van der Waals surface area (Å²) in [4.78, 5) is 12.2. The van der Waals surface area contributed by atoms with E-state index in [1.807, 2.05) is 42.6 Å². The first-order valence-corrected chi connectivity index (χ1v) is 10.5. The van der Waals surface area contributed by atoms with Crippen LogP contribution in [0, 0.1) is 0 Å².